The van der Waals surface area contributed by atoms with Crippen LogP contribution in [0.1, 0.15) is 18.9 Å². The number of nitrogens with one attached hydrogen (secondary N) is 1. The molecule has 1 N–H and O–H groups in total. The Balaban J connectivity index is 2.16. The average molecular weight is 247 g/mol. The summed E-state index contributed by atoms with van der Waals surface area (Å²) in [5.74, 6) is 0.677. The van der Waals surface area contributed by atoms with Crippen molar-refractivity contribution >= 4 is 29.5 Å². The summed E-state index contributed by atoms with van der Waals surface area (Å²) in [6, 6.07) is 7.93. The lowest BCUT2D eigenvalue weighted by Crippen LogP contribution is -2.12. The Kier molecular flexibility index (Phi) is 3.64. The van der Waals surface area contributed by atoms with Crippen molar-refractivity contribution < 1.29 is 9.59 Å². The van der Waals surface area contributed by atoms with Crippen molar-refractivity contribution in [1.82, 2.24) is 5.32 Å². The van der Waals surface area contributed by atoms with E-state index in [0.29, 0.717) is 5.70 Å². The summed E-state index contributed by atoms with van der Waals surface area (Å²) < 4.78 is 0. The van der Waals surface area contributed by atoms with Gasteiger partial charge in [0, 0.05) is 4.90 Å². The van der Waals surface area contributed by atoms with Gasteiger partial charge in [0.15, 0.2) is 5.78 Å². The van der Waals surface area contributed by atoms with Crippen LogP contribution in [-0.4, -0.2) is 17.4 Å². The molecule has 0 unspecified atom stereocenters. The van der Waals surface area contributed by atoms with Crippen LogP contribution < -0.4 is 5.32 Å². The molecule has 2 rings (SSSR count). The molecular weight excluding hydrogens is 234 g/mol. The van der Waals surface area contributed by atoms with E-state index in [1.54, 1.807) is 17.8 Å². The van der Waals surface area contributed by atoms with Gasteiger partial charge in [-0.2, -0.15) is 0 Å². The summed E-state index contributed by atoms with van der Waals surface area (Å²) in [4.78, 5) is 23.6. The summed E-state index contributed by atoms with van der Waals surface area (Å²) in [7, 11) is 0. The van der Waals surface area contributed by atoms with Gasteiger partial charge in [-0.15, -0.1) is 11.8 Å². The second kappa shape index (κ2) is 5.19. The monoisotopic (exact) mass is 247 g/mol. The Labute approximate surface area is 104 Å². The van der Waals surface area contributed by atoms with Crippen molar-refractivity contribution in [3.05, 3.63) is 35.5 Å². The molecule has 0 radical (unpaired) electrons. The second-order valence-corrected chi connectivity index (χ2v) is 5.05. The molecule has 1 aliphatic rings. The molecule has 1 saturated heterocycles. The molecule has 3 nitrogen and oxygen atoms in total. The van der Waals surface area contributed by atoms with E-state index in [4.69, 9.17) is 0 Å². The summed E-state index contributed by atoms with van der Waals surface area (Å²) in [6.45, 7) is 2.10. The van der Waals surface area contributed by atoms with Crippen LogP contribution in [0.25, 0.3) is 6.08 Å². The van der Waals surface area contributed by atoms with Crippen LogP contribution in [0.5, 0.6) is 0 Å². The number of carbonyl (C=O) groups excluding carboxylic acids is 2. The summed E-state index contributed by atoms with van der Waals surface area (Å²) >= 11 is 1.77. The first-order valence-electron chi connectivity index (χ1n) is 5.46. The van der Waals surface area contributed by atoms with Gasteiger partial charge in [0.2, 0.25) is 5.91 Å². The summed E-state index contributed by atoms with van der Waals surface area (Å²) in [6.07, 6.45) is 1.68. The van der Waals surface area contributed by atoms with Gasteiger partial charge >= 0.3 is 0 Å². The van der Waals surface area contributed by atoms with Gasteiger partial charge in [0.05, 0.1) is 12.1 Å². The molecule has 0 saturated carbocycles. The first-order valence-corrected chi connectivity index (χ1v) is 6.45. The van der Waals surface area contributed by atoms with E-state index in [1.165, 1.54) is 4.90 Å². The molecule has 17 heavy (non-hydrogen) atoms. The van der Waals surface area contributed by atoms with Crippen LogP contribution in [0.15, 0.2) is 34.9 Å². The predicted molar refractivity (Wildman–Crippen MR) is 68.6 cm³/mol. The highest BCUT2D eigenvalue weighted by Crippen LogP contribution is 2.19. The number of hydrogen-bond donors (Lipinski definition) is 1. The molecule has 0 spiro atoms. The fourth-order valence-electron chi connectivity index (χ4n) is 1.62. The Morgan fingerprint density at radius 3 is 2.53 bits per heavy atom. The molecule has 1 aliphatic heterocycles. The number of benzene rings is 1. The topological polar surface area (TPSA) is 46.2 Å². The molecular formula is C13H13NO2S. The van der Waals surface area contributed by atoms with Crippen molar-refractivity contribution in [2.24, 2.45) is 0 Å². The number of hydrogen-bond acceptors (Lipinski definition) is 3. The van der Waals surface area contributed by atoms with Gasteiger partial charge in [0.25, 0.3) is 0 Å². The lowest BCUT2D eigenvalue weighted by molar-refractivity contribution is -0.121. The molecule has 1 amide bonds. The maximum atomic E-state index is 11.4. The molecule has 0 atom stereocenters. The number of amides is 1. The van der Waals surface area contributed by atoms with Crippen molar-refractivity contribution in [2.45, 2.75) is 18.2 Å². The largest absolute Gasteiger partial charge is 0.323 e. The highest BCUT2D eigenvalue weighted by molar-refractivity contribution is 7.99. The fourth-order valence-corrected chi connectivity index (χ4v) is 2.28. The highest BCUT2D eigenvalue weighted by Gasteiger charge is 2.23. The van der Waals surface area contributed by atoms with Gasteiger partial charge in [-0.05, 0) is 29.5 Å². The molecule has 0 aromatic heterocycles. The molecule has 4 heteroatoms. The number of allylic oxidation sites excluding steroid dienone is 1. The normalized spacial score (nSPS) is 17.6. The van der Waals surface area contributed by atoms with E-state index in [-0.39, 0.29) is 18.1 Å². The van der Waals surface area contributed by atoms with E-state index >= 15 is 0 Å². The standard InChI is InChI=1S/C13H13NO2S/c1-2-17-10-5-3-9(4-6-10)7-11-12(15)8-13(16)14-11/h3-7H,2,8H2,1H3,(H,14,16)/b11-7-. The minimum atomic E-state index is -0.223. The fraction of sp³-hybridized carbons (Fsp3) is 0.231. The SMILES string of the molecule is CCSc1ccc(/C=C2\NC(=O)CC2=O)cc1. The third-order valence-electron chi connectivity index (χ3n) is 2.40. The third-order valence-corrected chi connectivity index (χ3v) is 3.29. The van der Waals surface area contributed by atoms with Crippen molar-refractivity contribution in [1.29, 1.82) is 0 Å². The lowest BCUT2D eigenvalue weighted by atomic mass is 10.1. The number of ketones is 1. The van der Waals surface area contributed by atoms with Crippen molar-refractivity contribution in [3.63, 3.8) is 0 Å². The number of rotatable bonds is 3. The van der Waals surface area contributed by atoms with Crippen molar-refractivity contribution in [3.8, 4) is 0 Å². The molecule has 0 bridgehead atoms. The zero-order valence-corrected chi connectivity index (χ0v) is 10.3. The minimum Gasteiger partial charge on any atom is -0.323 e. The predicted octanol–water partition coefficient (Wildman–Crippen LogP) is 2.23. The summed E-state index contributed by atoms with van der Waals surface area (Å²) in [5, 5.41) is 2.56. The molecule has 1 aromatic carbocycles. The second-order valence-electron chi connectivity index (χ2n) is 3.71. The van der Waals surface area contributed by atoms with E-state index in [1.807, 2.05) is 24.3 Å². The Hall–Kier alpha value is -1.55. The molecule has 0 aliphatic carbocycles. The molecule has 1 heterocycles. The third kappa shape index (κ3) is 2.97. The van der Waals surface area contributed by atoms with Gasteiger partial charge in [0.1, 0.15) is 0 Å². The minimum absolute atomic E-state index is 0.0321. The molecule has 88 valence electrons. The van der Waals surface area contributed by atoms with E-state index < -0.39 is 0 Å². The van der Waals surface area contributed by atoms with E-state index in [9.17, 15) is 9.59 Å². The maximum Gasteiger partial charge on any atom is 0.232 e. The van der Waals surface area contributed by atoms with Crippen LogP contribution in [-0.2, 0) is 9.59 Å². The highest BCUT2D eigenvalue weighted by atomic mass is 32.2. The lowest BCUT2D eigenvalue weighted by Gasteiger charge is -2.00. The van der Waals surface area contributed by atoms with E-state index in [2.05, 4.69) is 12.2 Å². The number of Topliss-reactive ketones (excluding diaryl/α,β-unsaturated/α-hetero) is 1. The van der Waals surface area contributed by atoms with Crippen LogP contribution in [0.2, 0.25) is 0 Å². The summed E-state index contributed by atoms with van der Waals surface area (Å²) in [5.41, 5.74) is 1.32. The van der Waals surface area contributed by atoms with Gasteiger partial charge in [-0.25, -0.2) is 0 Å². The first kappa shape index (κ1) is 11.9. The van der Waals surface area contributed by atoms with Crippen LogP contribution in [0, 0.1) is 0 Å². The molecule has 1 fully saturated rings. The van der Waals surface area contributed by atoms with Crippen LogP contribution >= 0.6 is 11.8 Å². The average Bonchev–Trinajstić information content (AvgIpc) is 2.61. The zero-order valence-electron chi connectivity index (χ0n) is 9.53. The maximum absolute atomic E-state index is 11.4. The zero-order chi connectivity index (χ0) is 12.3. The Morgan fingerprint density at radius 1 is 1.29 bits per heavy atom. The van der Waals surface area contributed by atoms with Crippen LogP contribution in [0.3, 0.4) is 0 Å². The number of carbonyl (C=O) groups is 2. The van der Waals surface area contributed by atoms with Gasteiger partial charge < -0.3 is 5.32 Å². The number of thioether (sulfide) groups is 1. The first-order chi connectivity index (χ1) is 8.19. The van der Waals surface area contributed by atoms with Gasteiger partial charge in [-0.3, -0.25) is 9.59 Å². The molecule has 1 aromatic rings. The quantitative estimate of drug-likeness (QED) is 0.506. The Morgan fingerprint density at radius 2 is 2.00 bits per heavy atom. The van der Waals surface area contributed by atoms with Crippen LogP contribution in [0.4, 0.5) is 0 Å². The van der Waals surface area contributed by atoms with Crippen molar-refractivity contribution in [2.75, 3.05) is 5.75 Å². The smallest absolute Gasteiger partial charge is 0.232 e. The van der Waals surface area contributed by atoms with E-state index in [0.717, 1.165) is 11.3 Å². The Bertz CT molecular complexity index is 477. The van der Waals surface area contributed by atoms with Gasteiger partial charge in [-0.1, -0.05) is 19.1 Å².